The number of amides is 1. The number of piperazine rings is 1. The molecule has 1 unspecified atom stereocenters. The summed E-state index contributed by atoms with van der Waals surface area (Å²) in [5, 5.41) is 13.1. The van der Waals surface area contributed by atoms with Gasteiger partial charge in [0.15, 0.2) is 6.61 Å². The van der Waals surface area contributed by atoms with E-state index < -0.39 is 6.10 Å². The standard InChI is InChI=1S/C24H33N3O5/c1-26-12-14-27(15-13-26)24(29)19-32-23-9-7-22(8-10-23)30-16-11-25-17-20(28)18-31-21-5-3-2-4-6-21/h2-10,20,25,28H,11-19H2,1H3. The van der Waals surface area contributed by atoms with E-state index in [1.807, 2.05) is 47.4 Å². The largest absolute Gasteiger partial charge is 0.492 e. The molecule has 1 fully saturated rings. The lowest BCUT2D eigenvalue weighted by atomic mass is 10.3. The molecule has 1 amide bonds. The fraction of sp³-hybridized carbons (Fsp3) is 0.458. The number of hydrogen-bond acceptors (Lipinski definition) is 7. The first-order chi connectivity index (χ1) is 15.6. The summed E-state index contributed by atoms with van der Waals surface area (Å²) in [6, 6.07) is 16.6. The molecular formula is C24H33N3O5. The number of para-hydroxylation sites is 1. The number of nitrogens with zero attached hydrogens (tertiary/aromatic N) is 2. The number of benzene rings is 2. The second kappa shape index (κ2) is 12.9. The summed E-state index contributed by atoms with van der Waals surface area (Å²) < 4.78 is 16.8. The van der Waals surface area contributed by atoms with Crippen LogP contribution in [0.2, 0.25) is 0 Å². The Morgan fingerprint density at radius 1 is 0.938 bits per heavy atom. The van der Waals surface area contributed by atoms with Gasteiger partial charge in [-0.15, -0.1) is 0 Å². The molecule has 0 radical (unpaired) electrons. The number of aliphatic hydroxyl groups is 1. The van der Waals surface area contributed by atoms with Gasteiger partial charge in [0.1, 0.15) is 36.6 Å². The van der Waals surface area contributed by atoms with Gasteiger partial charge in [0.25, 0.3) is 5.91 Å². The maximum atomic E-state index is 12.2. The van der Waals surface area contributed by atoms with E-state index in [1.165, 1.54) is 0 Å². The highest BCUT2D eigenvalue weighted by atomic mass is 16.5. The highest BCUT2D eigenvalue weighted by Crippen LogP contribution is 2.17. The van der Waals surface area contributed by atoms with Gasteiger partial charge >= 0.3 is 0 Å². The van der Waals surface area contributed by atoms with Crippen molar-refractivity contribution in [1.82, 2.24) is 15.1 Å². The number of aliphatic hydroxyl groups excluding tert-OH is 1. The molecule has 2 N–H and O–H groups in total. The number of rotatable bonds is 12. The molecule has 0 bridgehead atoms. The van der Waals surface area contributed by atoms with Gasteiger partial charge in [0, 0.05) is 39.3 Å². The Morgan fingerprint density at radius 2 is 1.56 bits per heavy atom. The van der Waals surface area contributed by atoms with Crippen LogP contribution in [0.1, 0.15) is 0 Å². The van der Waals surface area contributed by atoms with Crippen molar-refractivity contribution in [2.75, 3.05) is 66.1 Å². The van der Waals surface area contributed by atoms with E-state index in [4.69, 9.17) is 14.2 Å². The minimum Gasteiger partial charge on any atom is -0.492 e. The zero-order valence-electron chi connectivity index (χ0n) is 18.6. The Bertz CT molecular complexity index is 795. The Labute approximate surface area is 189 Å². The molecule has 3 rings (SSSR count). The fourth-order valence-electron chi connectivity index (χ4n) is 3.20. The van der Waals surface area contributed by atoms with Crippen LogP contribution in [0.4, 0.5) is 0 Å². The monoisotopic (exact) mass is 443 g/mol. The van der Waals surface area contributed by atoms with Gasteiger partial charge in [-0.3, -0.25) is 4.79 Å². The Hall–Kier alpha value is -2.81. The Morgan fingerprint density at radius 3 is 2.25 bits per heavy atom. The number of nitrogens with one attached hydrogen (secondary N) is 1. The van der Waals surface area contributed by atoms with Crippen LogP contribution in [-0.2, 0) is 4.79 Å². The topological polar surface area (TPSA) is 83.5 Å². The van der Waals surface area contributed by atoms with Crippen molar-refractivity contribution >= 4 is 5.91 Å². The zero-order valence-corrected chi connectivity index (χ0v) is 18.6. The van der Waals surface area contributed by atoms with E-state index >= 15 is 0 Å². The minimum atomic E-state index is -0.597. The average molecular weight is 444 g/mol. The van der Waals surface area contributed by atoms with Gasteiger partial charge in [-0.1, -0.05) is 18.2 Å². The molecule has 0 aliphatic carbocycles. The maximum absolute atomic E-state index is 12.2. The molecule has 1 aliphatic heterocycles. The van der Waals surface area contributed by atoms with Crippen molar-refractivity contribution in [2.24, 2.45) is 0 Å². The summed E-state index contributed by atoms with van der Waals surface area (Å²) in [5.74, 6) is 2.11. The minimum absolute atomic E-state index is 0.0147. The third-order valence-corrected chi connectivity index (χ3v) is 5.16. The molecular weight excluding hydrogens is 410 g/mol. The van der Waals surface area contributed by atoms with Crippen LogP contribution in [0, 0.1) is 0 Å². The second-order valence-electron chi connectivity index (χ2n) is 7.77. The van der Waals surface area contributed by atoms with Crippen molar-refractivity contribution in [2.45, 2.75) is 6.10 Å². The first kappa shape index (κ1) is 23.8. The highest BCUT2D eigenvalue weighted by Gasteiger charge is 2.19. The van der Waals surface area contributed by atoms with Crippen LogP contribution in [0.25, 0.3) is 0 Å². The van der Waals surface area contributed by atoms with Crippen molar-refractivity contribution in [1.29, 1.82) is 0 Å². The number of ether oxygens (including phenoxy) is 3. The molecule has 0 aromatic heterocycles. The molecule has 1 atom stereocenters. The predicted octanol–water partition coefficient (Wildman–Crippen LogP) is 1.25. The molecule has 2 aromatic carbocycles. The fourth-order valence-corrected chi connectivity index (χ4v) is 3.20. The smallest absolute Gasteiger partial charge is 0.260 e. The summed E-state index contributed by atoms with van der Waals surface area (Å²) in [6.07, 6.45) is -0.597. The average Bonchev–Trinajstić information content (AvgIpc) is 2.83. The molecule has 8 nitrogen and oxygen atoms in total. The molecule has 174 valence electrons. The molecule has 8 heteroatoms. The molecule has 0 saturated carbocycles. The molecule has 1 saturated heterocycles. The SMILES string of the molecule is CN1CCN(C(=O)COc2ccc(OCCNCC(O)COc3ccccc3)cc2)CC1. The lowest BCUT2D eigenvalue weighted by Crippen LogP contribution is -2.48. The molecule has 2 aromatic rings. The second-order valence-corrected chi connectivity index (χ2v) is 7.77. The first-order valence-corrected chi connectivity index (χ1v) is 11.0. The lowest BCUT2D eigenvalue weighted by molar-refractivity contribution is -0.134. The van der Waals surface area contributed by atoms with Crippen molar-refractivity contribution in [3.63, 3.8) is 0 Å². The van der Waals surface area contributed by atoms with E-state index in [9.17, 15) is 9.90 Å². The van der Waals surface area contributed by atoms with E-state index in [1.54, 1.807) is 12.1 Å². The third kappa shape index (κ3) is 8.37. The van der Waals surface area contributed by atoms with Gasteiger partial charge in [-0.05, 0) is 43.4 Å². The van der Waals surface area contributed by atoms with Crippen molar-refractivity contribution in [3.05, 3.63) is 54.6 Å². The van der Waals surface area contributed by atoms with Crippen molar-refractivity contribution < 1.29 is 24.1 Å². The Balaban J connectivity index is 1.25. The number of likely N-dealkylation sites (N-methyl/N-ethyl adjacent to an activating group) is 1. The van der Waals surface area contributed by atoms with E-state index in [2.05, 4.69) is 17.3 Å². The highest BCUT2D eigenvalue weighted by molar-refractivity contribution is 5.77. The van der Waals surface area contributed by atoms with Crippen LogP contribution in [0.3, 0.4) is 0 Å². The van der Waals surface area contributed by atoms with E-state index in [0.29, 0.717) is 25.4 Å². The van der Waals surface area contributed by atoms with Gasteiger partial charge in [0.05, 0.1) is 0 Å². The zero-order chi connectivity index (χ0) is 22.6. The predicted molar refractivity (Wildman–Crippen MR) is 122 cm³/mol. The lowest BCUT2D eigenvalue weighted by Gasteiger charge is -2.32. The Kier molecular flexibility index (Phi) is 9.61. The molecule has 0 spiro atoms. The number of carbonyl (C=O) groups is 1. The summed E-state index contributed by atoms with van der Waals surface area (Å²) in [5.41, 5.74) is 0. The summed E-state index contributed by atoms with van der Waals surface area (Å²) in [6.45, 7) is 5.05. The van der Waals surface area contributed by atoms with Crippen LogP contribution in [-0.4, -0.2) is 93.1 Å². The first-order valence-electron chi connectivity index (χ1n) is 11.0. The van der Waals surface area contributed by atoms with Gasteiger partial charge in [0.2, 0.25) is 0 Å². The molecule has 32 heavy (non-hydrogen) atoms. The third-order valence-electron chi connectivity index (χ3n) is 5.16. The molecule has 1 heterocycles. The number of hydrogen-bond donors (Lipinski definition) is 2. The summed E-state index contributed by atoms with van der Waals surface area (Å²) >= 11 is 0. The van der Waals surface area contributed by atoms with Gasteiger partial charge < -0.3 is 34.4 Å². The quantitative estimate of drug-likeness (QED) is 0.478. The van der Waals surface area contributed by atoms with Crippen LogP contribution in [0.5, 0.6) is 17.2 Å². The normalized spacial score (nSPS) is 15.2. The van der Waals surface area contributed by atoms with Crippen LogP contribution >= 0.6 is 0 Å². The maximum Gasteiger partial charge on any atom is 0.260 e. The van der Waals surface area contributed by atoms with Crippen LogP contribution in [0.15, 0.2) is 54.6 Å². The van der Waals surface area contributed by atoms with Crippen molar-refractivity contribution in [3.8, 4) is 17.2 Å². The summed E-state index contributed by atoms with van der Waals surface area (Å²) in [4.78, 5) is 16.3. The number of carbonyl (C=O) groups excluding carboxylic acids is 1. The summed E-state index contributed by atoms with van der Waals surface area (Å²) in [7, 11) is 2.06. The van der Waals surface area contributed by atoms with Gasteiger partial charge in [-0.25, -0.2) is 0 Å². The van der Waals surface area contributed by atoms with E-state index in [0.717, 1.165) is 37.7 Å². The van der Waals surface area contributed by atoms with Gasteiger partial charge in [-0.2, -0.15) is 0 Å². The molecule has 1 aliphatic rings. The van der Waals surface area contributed by atoms with Crippen LogP contribution < -0.4 is 19.5 Å². The van der Waals surface area contributed by atoms with E-state index in [-0.39, 0.29) is 19.1 Å².